The lowest BCUT2D eigenvalue weighted by molar-refractivity contribution is 0.102. The maximum absolute atomic E-state index is 11.9. The summed E-state index contributed by atoms with van der Waals surface area (Å²) in [5.41, 5.74) is 4.46. The molecular formula is C15H12N6OS. The first-order chi connectivity index (χ1) is 11.3. The first-order valence-electron chi connectivity index (χ1n) is 6.92. The minimum Gasteiger partial charge on any atom is -0.318 e. The molecule has 0 aliphatic carbocycles. The number of thiazole rings is 1. The summed E-state index contributed by atoms with van der Waals surface area (Å²) < 4.78 is 3.70. The van der Waals surface area contributed by atoms with E-state index in [2.05, 4.69) is 20.4 Å². The Hall–Kier alpha value is -3.00. The number of hydrogen-bond donors (Lipinski definition) is 1. The van der Waals surface area contributed by atoms with Crippen molar-refractivity contribution in [2.45, 2.75) is 6.54 Å². The Morgan fingerprint density at radius 3 is 3.09 bits per heavy atom. The molecule has 0 saturated carbocycles. The van der Waals surface area contributed by atoms with E-state index in [4.69, 9.17) is 0 Å². The number of amides is 1. The summed E-state index contributed by atoms with van der Waals surface area (Å²) in [6.07, 6.45) is 7.30. The average Bonchev–Trinajstić information content (AvgIpc) is 3.27. The molecule has 7 nitrogen and oxygen atoms in total. The van der Waals surface area contributed by atoms with Crippen LogP contribution in [-0.4, -0.2) is 30.1 Å². The van der Waals surface area contributed by atoms with Crippen LogP contribution in [0.1, 0.15) is 16.2 Å². The molecule has 23 heavy (non-hydrogen) atoms. The monoisotopic (exact) mass is 324 g/mol. The Bertz CT molecular complexity index is 922. The number of nitrogens with one attached hydrogen (secondary N) is 1. The molecule has 1 amide bonds. The van der Waals surface area contributed by atoms with Gasteiger partial charge in [-0.3, -0.25) is 9.48 Å². The minimum atomic E-state index is -0.237. The second-order valence-electron chi connectivity index (χ2n) is 4.95. The van der Waals surface area contributed by atoms with E-state index in [0.717, 1.165) is 11.3 Å². The Kier molecular flexibility index (Phi) is 3.35. The van der Waals surface area contributed by atoms with Crippen molar-refractivity contribution in [1.29, 1.82) is 0 Å². The number of aromatic nitrogens is 5. The molecule has 0 aliphatic heterocycles. The Labute approximate surface area is 135 Å². The van der Waals surface area contributed by atoms with Crippen molar-refractivity contribution >= 4 is 28.6 Å². The molecule has 0 spiro atoms. The number of carbonyl (C=O) groups excluding carboxylic acids is 1. The van der Waals surface area contributed by atoms with Gasteiger partial charge in [0.25, 0.3) is 5.91 Å². The van der Waals surface area contributed by atoms with Crippen molar-refractivity contribution in [2.24, 2.45) is 0 Å². The summed E-state index contributed by atoms with van der Waals surface area (Å²) >= 11 is 1.38. The maximum Gasteiger partial charge on any atom is 0.275 e. The highest BCUT2D eigenvalue weighted by atomic mass is 32.1. The molecule has 8 heteroatoms. The highest BCUT2D eigenvalue weighted by Gasteiger charge is 2.10. The number of carbonyl (C=O) groups is 1. The number of rotatable bonds is 4. The van der Waals surface area contributed by atoms with Gasteiger partial charge in [-0.25, -0.2) is 9.97 Å². The molecule has 4 aromatic heterocycles. The van der Waals surface area contributed by atoms with Gasteiger partial charge in [-0.2, -0.15) is 5.10 Å². The van der Waals surface area contributed by atoms with Crippen LogP contribution < -0.4 is 5.32 Å². The number of nitrogens with zero attached hydrogens (tertiary/aromatic N) is 5. The van der Waals surface area contributed by atoms with E-state index in [-0.39, 0.29) is 5.91 Å². The van der Waals surface area contributed by atoms with Crippen molar-refractivity contribution < 1.29 is 4.79 Å². The van der Waals surface area contributed by atoms with E-state index in [1.165, 1.54) is 11.3 Å². The molecule has 0 bridgehead atoms. The second-order valence-corrected chi connectivity index (χ2v) is 5.67. The number of imidazole rings is 1. The molecule has 114 valence electrons. The third-order valence-electron chi connectivity index (χ3n) is 3.29. The molecule has 0 unspecified atom stereocenters. The van der Waals surface area contributed by atoms with E-state index < -0.39 is 0 Å². The average molecular weight is 324 g/mol. The third kappa shape index (κ3) is 2.84. The van der Waals surface area contributed by atoms with E-state index in [0.29, 0.717) is 17.9 Å². The van der Waals surface area contributed by atoms with E-state index in [1.807, 2.05) is 35.0 Å². The maximum atomic E-state index is 11.9. The van der Waals surface area contributed by atoms with Crippen LogP contribution in [0.4, 0.5) is 5.69 Å². The zero-order valence-electron chi connectivity index (χ0n) is 12.0. The van der Waals surface area contributed by atoms with Gasteiger partial charge in [0, 0.05) is 24.0 Å². The lowest BCUT2D eigenvalue weighted by Gasteiger charge is -1.98. The zero-order valence-corrected chi connectivity index (χ0v) is 12.8. The fraction of sp³-hybridized carbons (Fsp3) is 0.0667. The first-order valence-corrected chi connectivity index (χ1v) is 7.87. The third-order valence-corrected chi connectivity index (χ3v) is 3.88. The topological polar surface area (TPSA) is 77.1 Å². The number of hydrogen-bond acceptors (Lipinski definition) is 5. The SMILES string of the molecule is O=C(Nc1cnn(Cc2cn3ccccc3n2)c1)c1cscn1. The van der Waals surface area contributed by atoms with Gasteiger partial charge >= 0.3 is 0 Å². The predicted molar refractivity (Wildman–Crippen MR) is 86.6 cm³/mol. The highest BCUT2D eigenvalue weighted by molar-refractivity contribution is 7.07. The molecule has 0 atom stereocenters. The van der Waals surface area contributed by atoms with Gasteiger partial charge in [0.05, 0.1) is 29.6 Å². The summed E-state index contributed by atoms with van der Waals surface area (Å²) in [5, 5.41) is 8.73. The number of anilines is 1. The van der Waals surface area contributed by atoms with Crippen LogP contribution in [0.5, 0.6) is 0 Å². The van der Waals surface area contributed by atoms with Crippen molar-refractivity contribution in [3.05, 3.63) is 65.3 Å². The molecule has 0 radical (unpaired) electrons. The van der Waals surface area contributed by atoms with Gasteiger partial charge in [-0.1, -0.05) is 6.07 Å². The van der Waals surface area contributed by atoms with Crippen LogP contribution in [-0.2, 0) is 6.54 Å². The first kappa shape index (κ1) is 13.6. The van der Waals surface area contributed by atoms with Gasteiger partial charge in [-0.05, 0) is 12.1 Å². The van der Waals surface area contributed by atoms with Crippen LogP contribution in [0.2, 0.25) is 0 Å². The molecule has 1 N–H and O–H groups in total. The number of pyridine rings is 1. The smallest absolute Gasteiger partial charge is 0.275 e. The molecule has 0 saturated heterocycles. The van der Waals surface area contributed by atoms with E-state index in [9.17, 15) is 4.79 Å². The van der Waals surface area contributed by atoms with Crippen LogP contribution in [0.25, 0.3) is 5.65 Å². The van der Waals surface area contributed by atoms with Crippen molar-refractivity contribution in [1.82, 2.24) is 24.1 Å². The van der Waals surface area contributed by atoms with Gasteiger partial charge in [0.1, 0.15) is 11.3 Å². The quantitative estimate of drug-likeness (QED) is 0.625. The molecule has 0 aliphatic rings. The summed E-state index contributed by atoms with van der Waals surface area (Å²) in [7, 11) is 0. The van der Waals surface area contributed by atoms with Crippen LogP contribution in [0.15, 0.2) is 53.9 Å². The summed E-state index contributed by atoms with van der Waals surface area (Å²) in [6, 6.07) is 5.86. The summed E-state index contributed by atoms with van der Waals surface area (Å²) in [5.74, 6) is -0.237. The van der Waals surface area contributed by atoms with Crippen LogP contribution in [0.3, 0.4) is 0 Å². The van der Waals surface area contributed by atoms with Gasteiger partial charge in [-0.15, -0.1) is 11.3 Å². The van der Waals surface area contributed by atoms with Gasteiger partial charge in [0.15, 0.2) is 0 Å². The van der Waals surface area contributed by atoms with Crippen molar-refractivity contribution in [3.63, 3.8) is 0 Å². The molecule has 4 aromatic rings. The fourth-order valence-corrected chi connectivity index (χ4v) is 2.80. The van der Waals surface area contributed by atoms with Gasteiger partial charge < -0.3 is 9.72 Å². The lowest BCUT2D eigenvalue weighted by Crippen LogP contribution is -2.11. The normalized spacial score (nSPS) is 11.0. The molecule has 4 heterocycles. The standard InChI is InChI=1S/C15H12N6OS/c22-15(13-9-23-10-16-13)19-11-5-17-21(7-11)8-12-6-20-4-2-1-3-14(20)18-12/h1-7,9-10H,8H2,(H,19,22). The minimum absolute atomic E-state index is 0.237. The largest absolute Gasteiger partial charge is 0.318 e. The van der Waals surface area contributed by atoms with Crippen LogP contribution in [0, 0.1) is 0 Å². The van der Waals surface area contributed by atoms with Crippen molar-refractivity contribution in [2.75, 3.05) is 5.32 Å². The molecule has 0 fully saturated rings. The Morgan fingerprint density at radius 1 is 1.30 bits per heavy atom. The molecule has 4 rings (SSSR count). The number of fused-ring (bicyclic) bond motifs is 1. The second kappa shape index (κ2) is 5.65. The summed E-state index contributed by atoms with van der Waals surface area (Å²) in [4.78, 5) is 20.4. The summed E-state index contributed by atoms with van der Waals surface area (Å²) in [6.45, 7) is 0.536. The Balaban J connectivity index is 1.48. The highest BCUT2D eigenvalue weighted by Crippen LogP contribution is 2.11. The van der Waals surface area contributed by atoms with Gasteiger partial charge in [0.2, 0.25) is 0 Å². The molecule has 0 aromatic carbocycles. The Morgan fingerprint density at radius 2 is 2.26 bits per heavy atom. The van der Waals surface area contributed by atoms with E-state index in [1.54, 1.807) is 28.0 Å². The van der Waals surface area contributed by atoms with Crippen LogP contribution >= 0.6 is 11.3 Å². The lowest BCUT2D eigenvalue weighted by atomic mass is 10.4. The molecular weight excluding hydrogens is 312 g/mol. The van der Waals surface area contributed by atoms with E-state index >= 15 is 0 Å². The van der Waals surface area contributed by atoms with Crippen molar-refractivity contribution in [3.8, 4) is 0 Å². The fourth-order valence-electron chi connectivity index (χ4n) is 2.26. The zero-order chi connectivity index (χ0) is 15.6. The predicted octanol–water partition coefficient (Wildman–Crippen LogP) is 2.29.